The Labute approximate surface area is 142 Å². The van der Waals surface area contributed by atoms with Gasteiger partial charge in [-0.1, -0.05) is 60.7 Å². The molecule has 24 heavy (non-hydrogen) atoms. The van der Waals surface area contributed by atoms with E-state index in [0.29, 0.717) is 0 Å². The fourth-order valence-electron chi connectivity index (χ4n) is 3.71. The molecule has 0 saturated heterocycles. The van der Waals surface area contributed by atoms with E-state index >= 15 is 0 Å². The van der Waals surface area contributed by atoms with Crippen molar-refractivity contribution < 1.29 is 5.11 Å². The fraction of sp³-hybridized carbons (Fsp3) is 0.238. The molecule has 0 spiro atoms. The highest BCUT2D eigenvalue weighted by Gasteiger charge is 2.34. The lowest BCUT2D eigenvalue weighted by Gasteiger charge is -2.37. The summed E-state index contributed by atoms with van der Waals surface area (Å²) in [6.45, 7) is 0.804. The maximum atomic E-state index is 10.5. The summed E-state index contributed by atoms with van der Waals surface area (Å²) in [5, 5.41) is 14.2. The maximum Gasteiger partial charge on any atom is 0.0955 e. The van der Waals surface area contributed by atoms with E-state index in [4.69, 9.17) is 0 Å². The van der Waals surface area contributed by atoms with Crippen molar-refractivity contribution >= 4 is 0 Å². The van der Waals surface area contributed by atoms with Crippen LogP contribution >= 0.6 is 0 Å². The van der Waals surface area contributed by atoms with Crippen LogP contribution in [0, 0.1) is 0 Å². The molecule has 0 saturated carbocycles. The number of nitrogens with zero attached hydrogens (tertiary/aromatic N) is 1. The zero-order valence-electron chi connectivity index (χ0n) is 13.5. The average Bonchev–Trinajstić information content (AvgIpc) is 3.12. The van der Waals surface area contributed by atoms with E-state index in [1.807, 2.05) is 24.3 Å². The third-order valence-corrected chi connectivity index (χ3v) is 4.86. The van der Waals surface area contributed by atoms with Crippen molar-refractivity contribution in [3.63, 3.8) is 0 Å². The van der Waals surface area contributed by atoms with Crippen LogP contribution < -0.4 is 5.32 Å². The van der Waals surface area contributed by atoms with Gasteiger partial charge in [0.15, 0.2) is 0 Å². The van der Waals surface area contributed by atoms with Crippen LogP contribution in [0.2, 0.25) is 0 Å². The molecule has 2 heterocycles. The lowest BCUT2D eigenvalue weighted by Crippen LogP contribution is -2.43. The Morgan fingerprint density at radius 3 is 2.38 bits per heavy atom. The average molecular weight is 318 g/mol. The molecule has 0 unspecified atom stereocenters. The van der Waals surface area contributed by atoms with Crippen LogP contribution in [0.1, 0.15) is 35.4 Å². The van der Waals surface area contributed by atoms with E-state index in [-0.39, 0.29) is 12.1 Å². The summed E-state index contributed by atoms with van der Waals surface area (Å²) >= 11 is 0. The van der Waals surface area contributed by atoms with Crippen LogP contribution in [0.25, 0.3) is 0 Å². The number of rotatable bonds is 4. The van der Waals surface area contributed by atoms with Crippen molar-refractivity contribution in [3.8, 4) is 0 Å². The fourth-order valence-corrected chi connectivity index (χ4v) is 3.71. The highest BCUT2D eigenvalue weighted by Crippen LogP contribution is 2.36. The van der Waals surface area contributed by atoms with Crippen LogP contribution in [-0.4, -0.2) is 15.7 Å². The number of nitrogens with one attached hydrogen (secondary N) is 1. The van der Waals surface area contributed by atoms with E-state index in [0.717, 1.165) is 18.7 Å². The SMILES string of the molecule is O[C@H]1C[C@@H](NCc2ccccc2)[C@H](c2ccccc2)n2cccc21. The molecule has 0 radical (unpaired) electrons. The van der Waals surface area contributed by atoms with Crippen LogP contribution in [-0.2, 0) is 6.54 Å². The van der Waals surface area contributed by atoms with Gasteiger partial charge in [0.05, 0.1) is 12.1 Å². The first kappa shape index (κ1) is 15.2. The maximum absolute atomic E-state index is 10.5. The third kappa shape index (κ3) is 2.88. The van der Waals surface area contributed by atoms with E-state index in [2.05, 4.69) is 64.6 Å². The van der Waals surface area contributed by atoms with Gasteiger partial charge in [-0.25, -0.2) is 0 Å². The molecule has 4 rings (SSSR count). The van der Waals surface area contributed by atoms with Crippen molar-refractivity contribution in [2.45, 2.75) is 31.2 Å². The topological polar surface area (TPSA) is 37.2 Å². The quantitative estimate of drug-likeness (QED) is 0.770. The van der Waals surface area contributed by atoms with Crippen molar-refractivity contribution in [1.29, 1.82) is 0 Å². The van der Waals surface area contributed by atoms with Gasteiger partial charge >= 0.3 is 0 Å². The van der Waals surface area contributed by atoms with Gasteiger partial charge in [-0.15, -0.1) is 0 Å². The van der Waals surface area contributed by atoms with Gasteiger partial charge in [-0.3, -0.25) is 0 Å². The van der Waals surface area contributed by atoms with E-state index in [1.165, 1.54) is 11.1 Å². The zero-order valence-corrected chi connectivity index (χ0v) is 13.5. The highest BCUT2D eigenvalue weighted by molar-refractivity contribution is 5.28. The third-order valence-electron chi connectivity index (χ3n) is 4.86. The van der Waals surface area contributed by atoms with E-state index in [9.17, 15) is 5.11 Å². The largest absolute Gasteiger partial charge is 0.387 e. The minimum atomic E-state index is -0.423. The smallest absolute Gasteiger partial charge is 0.0955 e. The molecule has 3 aromatic rings. The summed E-state index contributed by atoms with van der Waals surface area (Å²) in [7, 11) is 0. The Bertz CT molecular complexity index is 782. The Kier molecular flexibility index (Phi) is 4.20. The van der Waals surface area contributed by atoms with Crippen LogP contribution in [0.5, 0.6) is 0 Å². The van der Waals surface area contributed by atoms with Gasteiger partial charge in [0, 0.05) is 24.5 Å². The van der Waals surface area contributed by atoms with Crippen LogP contribution in [0.15, 0.2) is 79.0 Å². The first-order chi connectivity index (χ1) is 11.8. The second-order valence-electron chi connectivity index (χ2n) is 6.42. The van der Waals surface area contributed by atoms with E-state index < -0.39 is 6.10 Å². The van der Waals surface area contributed by atoms with Gasteiger partial charge in [0.2, 0.25) is 0 Å². The Morgan fingerprint density at radius 1 is 0.917 bits per heavy atom. The molecule has 0 amide bonds. The predicted octanol–water partition coefficient (Wildman–Crippen LogP) is 3.67. The molecular formula is C21H22N2O. The summed E-state index contributed by atoms with van der Waals surface area (Å²) in [5.41, 5.74) is 3.53. The molecule has 0 aliphatic carbocycles. The molecule has 1 aliphatic rings. The number of aliphatic hydroxyl groups excluding tert-OH is 1. The Morgan fingerprint density at radius 2 is 1.62 bits per heavy atom. The van der Waals surface area contributed by atoms with Crippen molar-refractivity contribution in [3.05, 3.63) is 95.8 Å². The number of aliphatic hydroxyl groups is 1. The number of aromatic nitrogens is 1. The molecule has 0 bridgehead atoms. The first-order valence-electron chi connectivity index (χ1n) is 8.50. The van der Waals surface area contributed by atoms with Crippen molar-refractivity contribution in [2.75, 3.05) is 0 Å². The van der Waals surface area contributed by atoms with Gasteiger partial charge < -0.3 is 15.0 Å². The number of fused-ring (bicyclic) bond motifs is 1. The highest BCUT2D eigenvalue weighted by atomic mass is 16.3. The molecule has 1 aromatic heterocycles. The minimum absolute atomic E-state index is 0.183. The molecule has 0 fully saturated rings. The van der Waals surface area contributed by atoms with Gasteiger partial charge in [0.25, 0.3) is 0 Å². The molecular weight excluding hydrogens is 296 g/mol. The minimum Gasteiger partial charge on any atom is -0.387 e. The van der Waals surface area contributed by atoms with Crippen LogP contribution in [0.3, 0.4) is 0 Å². The lowest BCUT2D eigenvalue weighted by atomic mass is 9.89. The Balaban J connectivity index is 1.64. The van der Waals surface area contributed by atoms with Crippen LogP contribution in [0.4, 0.5) is 0 Å². The normalized spacial score (nSPS) is 23.0. The zero-order chi connectivity index (χ0) is 16.4. The molecule has 122 valence electrons. The van der Waals surface area contributed by atoms with Gasteiger partial charge in [-0.05, 0) is 29.7 Å². The first-order valence-corrected chi connectivity index (χ1v) is 8.50. The van der Waals surface area contributed by atoms with Crippen molar-refractivity contribution in [2.24, 2.45) is 0 Å². The molecule has 3 heteroatoms. The summed E-state index contributed by atoms with van der Waals surface area (Å²) in [4.78, 5) is 0. The molecule has 1 aliphatic heterocycles. The van der Waals surface area contributed by atoms with Gasteiger partial charge in [0.1, 0.15) is 0 Å². The summed E-state index contributed by atoms with van der Waals surface area (Å²) < 4.78 is 2.21. The summed E-state index contributed by atoms with van der Waals surface area (Å²) in [5.74, 6) is 0. The molecule has 3 nitrogen and oxygen atoms in total. The Hall–Kier alpha value is -2.36. The summed E-state index contributed by atoms with van der Waals surface area (Å²) in [6.07, 6.45) is 2.37. The number of hydrogen-bond donors (Lipinski definition) is 2. The number of hydrogen-bond acceptors (Lipinski definition) is 2. The lowest BCUT2D eigenvalue weighted by molar-refractivity contribution is 0.110. The predicted molar refractivity (Wildman–Crippen MR) is 95.7 cm³/mol. The monoisotopic (exact) mass is 318 g/mol. The van der Waals surface area contributed by atoms with E-state index in [1.54, 1.807) is 0 Å². The molecule has 2 N–H and O–H groups in total. The van der Waals surface area contributed by atoms with Gasteiger partial charge in [-0.2, -0.15) is 0 Å². The second-order valence-corrected chi connectivity index (χ2v) is 6.42. The molecule has 3 atom stereocenters. The second kappa shape index (κ2) is 6.63. The summed E-state index contributed by atoms with van der Waals surface area (Å²) in [6, 6.07) is 25.4. The van der Waals surface area contributed by atoms with Crippen molar-refractivity contribution in [1.82, 2.24) is 9.88 Å². The number of benzene rings is 2. The molecule has 2 aromatic carbocycles. The standard InChI is InChI=1S/C21H22N2O/c24-20-14-18(22-15-16-8-3-1-4-9-16)21(17-10-5-2-6-11-17)23-13-7-12-19(20)23/h1-13,18,20-22,24H,14-15H2/t18-,20+,21+/m1/s1.